The minimum atomic E-state index is -1.81. The van der Waals surface area contributed by atoms with E-state index in [2.05, 4.69) is 0 Å². The van der Waals surface area contributed by atoms with Gasteiger partial charge < -0.3 is 20.8 Å². The normalized spacial score (nSPS) is 11.5. The maximum atomic E-state index is 13.3. The van der Waals surface area contributed by atoms with Gasteiger partial charge in [0.15, 0.2) is 6.10 Å². The van der Waals surface area contributed by atoms with E-state index in [0.717, 1.165) is 18.2 Å². The van der Waals surface area contributed by atoms with Crippen LogP contribution in [0.2, 0.25) is 0 Å². The average Bonchev–Trinajstić information content (AvgIpc) is 2.38. The number of non-ortho nitro benzene ring substituents is 1. The summed E-state index contributed by atoms with van der Waals surface area (Å²) in [6, 6.07) is 1.53. The Morgan fingerprint density at radius 3 is 2.65 bits per heavy atom. The van der Waals surface area contributed by atoms with E-state index >= 15 is 0 Å². The number of rotatable bonds is 5. The Kier molecular flexibility index (Phi) is 4.92. The van der Waals surface area contributed by atoms with E-state index in [1.54, 1.807) is 0 Å². The largest absolute Gasteiger partial charge is 0.479 e. The predicted molar refractivity (Wildman–Crippen MR) is 63.7 cm³/mol. The topological polar surface area (TPSA) is 142 Å². The molecular weight excluding hydrogens is 277 g/mol. The van der Waals surface area contributed by atoms with Gasteiger partial charge in [-0.1, -0.05) is 0 Å². The fourth-order valence-electron chi connectivity index (χ4n) is 1.17. The molecule has 108 valence electrons. The van der Waals surface area contributed by atoms with Gasteiger partial charge in [0, 0.05) is 12.1 Å². The van der Waals surface area contributed by atoms with Crippen LogP contribution in [0.5, 0.6) is 0 Å². The number of carboxylic acids is 1. The molecule has 0 saturated heterocycles. The van der Waals surface area contributed by atoms with E-state index in [1.807, 2.05) is 10.6 Å². The van der Waals surface area contributed by atoms with Crippen LogP contribution in [0.4, 0.5) is 20.6 Å². The number of aliphatic hydroxyl groups excluding tert-OH is 1. The van der Waals surface area contributed by atoms with Crippen molar-refractivity contribution >= 4 is 23.4 Å². The molecule has 0 saturated carbocycles. The molecule has 0 aliphatic heterocycles. The number of halogens is 1. The maximum Gasteiger partial charge on any atom is 0.334 e. The van der Waals surface area contributed by atoms with E-state index in [9.17, 15) is 24.1 Å². The summed E-state index contributed by atoms with van der Waals surface area (Å²) < 4.78 is 13.3. The summed E-state index contributed by atoms with van der Waals surface area (Å²) in [5.41, 5.74) is -0.867. The smallest absolute Gasteiger partial charge is 0.334 e. The van der Waals surface area contributed by atoms with Crippen LogP contribution in [-0.4, -0.2) is 39.8 Å². The van der Waals surface area contributed by atoms with E-state index in [4.69, 9.17) is 10.2 Å². The number of anilines is 1. The van der Waals surface area contributed by atoms with Crippen LogP contribution < -0.4 is 10.6 Å². The highest BCUT2D eigenvalue weighted by Gasteiger charge is 2.16. The first-order valence-corrected chi connectivity index (χ1v) is 5.21. The van der Waals surface area contributed by atoms with Gasteiger partial charge in [0.1, 0.15) is 5.82 Å². The van der Waals surface area contributed by atoms with Gasteiger partial charge in [-0.25, -0.2) is 14.0 Å². The van der Waals surface area contributed by atoms with Crippen molar-refractivity contribution in [3.63, 3.8) is 0 Å². The summed E-state index contributed by atoms with van der Waals surface area (Å²) in [6.45, 7) is -0.599. The first-order chi connectivity index (χ1) is 9.31. The number of nitrogens with zero attached hydrogens (tertiary/aromatic N) is 1. The molecule has 20 heavy (non-hydrogen) atoms. The van der Waals surface area contributed by atoms with E-state index in [1.165, 1.54) is 0 Å². The molecule has 1 atom stereocenters. The lowest BCUT2D eigenvalue weighted by Gasteiger charge is -2.09. The van der Waals surface area contributed by atoms with Crippen molar-refractivity contribution in [2.45, 2.75) is 6.10 Å². The Morgan fingerprint density at radius 1 is 1.45 bits per heavy atom. The van der Waals surface area contributed by atoms with Crippen molar-refractivity contribution in [2.75, 3.05) is 11.9 Å². The molecule has 1 unspecified atom stereocenters. The molecule has 10 heteroatoms. The number of aliphatic carboxylic acids is 1. The molecule has 0 radical (unpaired) electrons. The SMILES string of the molecule is O=C(NCC(O)C(=O)O)Nc1cc([N+](=O)[O-])ccc1F. The zero-order valence-corrected chi connectivity index (χ0v) is 9.87. The zero-order valence-electron chi connectivity index (χ0n) is 9.87. The monoisotopic (exact) mass is 287 g/mol. The van der Waals surface area contributed by atoms with Crippen molar-refractivity contribution in [3.8, 4) is 0 Å². The highest BCUT2D eigenvalue weighted by atomic mass is 19.1. The molecule has 0 aromatic heterocycles. The minimum absolute atomic E-state index is 0.424. The molecular formula is C10H10FN3O6. The van der Waals surface area contributed by atoms with E-state index < -0.39 is 46.8 Å². The number of amides is 2. The molecule has 2 amide bonds. The molecule has 0 bridgehead atoms. The number of benzene rings is 1. The van der Waals surface area contributed by atoms with Gasteiger partial charge >= 0.3 is 12.0 Å². The third-order valence-electron chi connectivity index (χ3n) is 2.15. The number of carboxylic acid groups (broad SMARTS) is 1. The molecule has 0 fully saturated rings. The van der Waals surface area contributed by atoms with Gasteiger partial charge in [0.2, 0.25) is 0 Å². The summed E-state index contributed by atoms with van der Waals surface area (Å²) in [4.78, 5) is 31.3. The zero-order chi connectivity index (χ0) is 15.3. The quantitative estimate of drug-likeness (QED) is 0.453. The Morgan fingerprint density at radius 2 is 2.10 bits per heavy atom. The van der Waals surface area contributed by atoms with Crippen molar-refractivity contribution in [3.05, 3.63) is 34.1 Å². The van der Waals surface area contributed by atoms with E-state index in [0.29, 0.717) is 0 Å². The van der Waals surface area contributed by atoms with Crippen molar-refractivity contribution in [1.82, 2.24) is 5.32 Å². The van der Waals surface area contributed by atoms with Crippen LogP contribution in [0.15, 0.2) is 18.2 Å². The number of carbonyl (C=O) groups excluding carboxylic acids is 1. The first-order valence-electron chi connectivity index (χ1n) is 5.21. The highest BCUT2D eigenvalue weighted by molar-refractivity contribution is 5.90. The van der Waals surface area contributed by atoms with Gasteiger partial charge in [0.05, 0.1) is 17.2 Å². The Labute approximate surface area is 111 Å². The summed E-state index contributed by atoms with van der Waals surface area (Å²) in [7, 11) is 0. The molecule has 0 aliphatic carbocycles. The average molecular weight is 287 g/mol. The number of nitro groups is 1. The molecule has 0 spiro atoms. The maximum absolute atomic E-state index is 13.3. The highest BCUT2D eigenvalue weighted by Crippen LogP contribution is 2.20. The summed E-state index contributed by atoms with van der Waals surface area (Å²) in [6.07, 6.45) is -1.81. The van der Waals surface area contributed by atoms with Gasteiger partial charge in [-0.3, -0.25) is 10.1 Å². The number of urea groups is 1. The minimum Gasteiger partial charge on any atom is -0.479 e. The lowest BCUT2D eigenvalue weighted by Crippen LogP contribution is -2.38. The molecule has 9 nitrogen and oxygen atoms in total. The second kappa shape index (κ2) is 6.43. The number of nitrogens with one attached hydrogen (secondary N) is 2. The Balaban J connectivity index is 2.68. The van der Waals surface area contributed by atoms with Crippen molar-refractivity contribution in [2.24, 2.45) is 0 Å². The van der Waals surface area contributed by atoms with Crippen LogP contribution >= 0.6 is 0 Å². The summed E-state index contributed by atoms with van der Waals surface area (Å²) in [5.74, 6) is -2.43. The number of carbonyl (C=O) groups is 2. The second-order valence-electron chi connectivity index (χ2n) is 3.61. The molecule has 4 N–H and O–H groups in total. The standard InChI is InChI=1S/C10H10FN3O6/c11-6-2-1-5(14(19)20)3-7(6)13-10(18)12-4-8(15)9(16)17/h1-3,8,15H,4H2,(H,16,17)(H2,12,13,18). The fourth-order valence-corrected chi connectivity index (χ4v) is 1.17. The van der Waals surface area contributed by atoms with Gasteiger partial charge in [-0.2, -0.15) is 0 Å². The van der Waals surface area contributed by atoms with Crippen LogP contribution in [0.3, 0.4) is 0 Å². The third-order valence-corrected chi connectivity index (χ3v) is 2.15. The van der Waals surface area contributed by atoms with Gasteiger partial charge in [0.25, 0.3) is 5.69 Å². The van der Waals surface area contributed by atoms with Crippen LogP contribution in [0.1, 0.15) is 0 Å². The lowest BCUT2D eigenvalue weighted by molar-refractivity contribution is -0.384. The van der Waals surface area contributed by atoms with Crippen LogP contribution in [-0.2, 0) is 4.79 Å². The fraction of sp³-hybridized carbons (Fsp3) is 0.200. The number of aliphatic hydroxyl groups is 1. The molecule has 0 heterocycles. The molecule has 1 rings (SSSR count). The molecule has 1 aromatic carbocycles. The van der Waals surface area contributed by atoms with E-state index in [-0.39, 0.29) is 0 Å². The number of hydrogen-bond donors (Lipinski definition) is 4. The second-order valence-corrected chi connectivity index (χ2v) is 3.61. The van der Waals surface area contributed by atoms with Gasteiger partial charge in [-0.15, -0.1) is 0 Å². The summed E-state index contributed by atoms with van der Waals surface area (Å²) >= 11 is 0. The molecule has 0 aliphatic rings. The Bertz CT molecular complexity index is 550. The first kappa shape index (κ1) is 15.3. The number of hydrogen-bond acceptors (Lipinski definition) is 5. The third kappa shape index (κ3) is 4.17. The van der Waals surface area contributed by atoms with Crippen LogP contribution in [0, 0.1) is 15.9 Å². The van der Waals surface area contributed by atoms with Crippen molar-refractivity contribution < 1.29 is 29.1 Å². The van der Waals surface area contributed by atoms with Crippen molar-refractivity contribution in [1.29, 1.82) is 0 Å². The summed E-state index contributed by atoms with van der Waals surface area (Å²) in [5, 5.41) is 31.7. The lowest BCUT2D eigenvalue weighted by atomic mass is 10.2. The predicted octanol–water partition coefficient (Wildman–Crippen LogP) is 0.301. The van der Waals surface area contributed by atoms with Crippen LogP contribution in [0.25, 0.3) is 0 Å². The Hall–Kier alpha value is -2.75. The number of nitro benzene ring substituents is 1. The van der Waals surface area contributed by atoms with Gasteiger partial charge in [-0.05, 0) is 6.07 Å². The molecule has 1 aromatic rings.